The van der Waals surface area contributed by atoms with Crippen LogP contribution in [0.25, 0.3) is 0 Å². The molecule has 0 fully saturated rings. The van der Waals surface area contributed by atoms with E-state index in [1.165, 1.54) is 154 Å². The van der Waals surface area contributed by atoms with Gasteiger partial charge in [0.25, 0.3) is 7.82 Å². The molecule has 0 spiro atoms. The Balaban J connectivity index is 4.17. The first-order chi connectivity index (χ1) is 24.6. The van der Waals surface area contributed by atoms with Crippen LogP contribution >= 0.6 is 7.82 Å². The fourth-order valence-electron chi connectivity index (χ4n) is 6.25. The number of carbonyl (C=O) groups excluding carboxylic acids is 1. The second-order valence-corrected chi connectivity index (χ2v) is 17.5. The molecular formula is C42H86NO7P. The third-order valence-corrected chi connectivity index (χ3v) is 10.6. The third-order valence-electron chi connectivity index (χ3n) is 9.66. The smallest absolute Gasteiger partial charge is 0.306 e. The van der Waals surface area contributed by atoms with Crippen LogP contribution in [0.1, 0.15) is 206 Å². The Morgan fingerprint density at radius 3 is 1.29 bits per heavy atom. The minimum Gasteiger partial charge on any atom is -0.756 e. The molecule has 0 aliphatic carbocycles. The SMILES string of the molecule is CCCCCCCCCCCCCCCCCCCC(=O)O[C@H](COCCCCCCCCCCCCCC)COP(=O)([O-])OCC[N+](C)(C)C. The molecule has 0 N–H and O–H groups in total. The van der Waals surface area contributed by atoms with Crippen molar-refractivity contribution in [1.29, 1.82) is 0 Å². The number of quaternary nitrogens is 1. The van der Waals surface area contributed by atoms with E-state index >= 15 is 0 Å². The van der Waals surface area contributed by atoms with Gasteiger partial charge in [0.15, 0.2) is 0 Å². The first-order valence-corrected chi connectivity index (χ1v) is 23.2. The van der Waals surface area contributed by atoms with Gasteiger partial charge in [0.1, 0.15) is 19.3 Å². The van der Waals surface area contributed by atoms with Crippen LogP contribution in [0.5, 0.6) is 0 Å². The number of rotatable bonds is 41. The molecule has 0 aromatic rings. The highest BCUT2D eigenvalue weighted by atomic mass is 31.2. The summed E-state index contributed by atoms with van der Waals surface area (Å²) in [6.07, 6.45) is 36.7. The van der Waals surface area contributed by atoms with E-state index in [1.54, 1.807) is 0 Å². The summed E-state index contributed by atoms with van der Waals surface area (Å²) in [6.45, 7) is 5.46. The maximum atomic E-state index is 12.7. The van der Waals surface area contributed by atoms with E-state index in [0.29, 0.717) is 24.1 Å². The van der Waals surface area contributed by atoms with Crippen molar-refractivity contribution < 1.29 is 37.3 Å². The van der Waals surface area contributed by atoms with Crippen molar-refractivity contribution in [3.63, 3.8) is 0 Å². The van der Waals surface area contributed by atoms with E-state index in [0.717, 1.165) is 32.1 Å². The first-order valence-electron chi connectivity index (χ1n) is 21.8. The monoisotopic (exact) mass is 748 g/mol. The molecule has 0 radical (unpaired) electrons. The predicted molar refractivity (Wildman–Crippen MR) is 213 cm³/mol. The van der Waals surface area contributed by atoms with Crippen molar-refractivity contribution in [2.75, 3.05) is 54.1 Å². The highest BCUT2D eigenvalue weighted by molar-refractivity contribution is 7.45. The number of esters is 1. The summed E-state index contributed by atoms with van der Waals surface area (Å²) < 4.78 is 34.6. The van der Waals surface area contributed by atoms with Gasteiger partial charge in [0, 0.05) is 13.0 Å². The van der Waals surface area contributed by atoms with Crippen LogP contribution in [0.3, 0.4) is 0 Å². The van der Waals surface area contributed by atoms with Gasteiger partial charge in [-0.25, -0.2) is 0 Å². The Labute approximate surface area is 317 Å². The van der Waals surface area contributed by atoms with Crippen molar-refractivity contribution in [2.45, 2.75) is 213 Å². The lowest BCUT2D eigenvalue weighted by atomic mass is 10.0. The van der Waals surface area contributed by atoms with E-state index < -0.39 is 13.9 Å². The van der Waals surface area contributed by atoms with Crippen molar-refractivity contribution >= 4 is 13.8 Å². The number of likely N-dealkylation sites (N-methyl/N-ethyl adjacent to an activating group) is 1. The number of hydrogen-bond acceptors (Lipinski definition) is 7. The maximum absolute atomic E-state index is 12.7. The van der Waals surface area contributed by atoms with Gasteiger partial charge in [-0.1, -0.05) is 187 Å². The van der Waals surface area contributed by atoms with E-state index in [1.807, 2.05) is 21.1 Å². The minimum absolute atomic E-state index is 0.0312. The van der Waals surface area contributed by atoms with Gasteiger partial charge >= 0.3 is 5.97 Å². The van der Waals surface area contributed by atoms with Crippen molar-refractivity contribution in [3.8, 4) is 0 Å². The van der Waals surface area contributed by atoms with Crippen LogP contribution in [0.4, 0.5) is 0 Å². The van der Waals surface area contributed by atoms with Crippen LogP contribution in [0, 0.1) is 0 Å². The van der Waals surface area contributed by atoms with Gasteiger partial charge in [-0.05, 0) is 12.8 Å². The highest BCUT2D eigenvalue weighted by Gasteiger charge is 2.20. The molecular weight excluding hydrogens is 661 g/mol. The zero-order chi connectivity index (χ0) is 37.7. The molecule has 1 unspecified atom stereocenters. The molecule has 0 aromatic carbocycles. The van der Waals surface area contributed by atoms with Crippen LogP contribution in [0.2, 0.25) is 0 Å². The topological polar surface area (TPSA) is 94.1 Å². The Morgan fingerprint density at radius 1 is 0.529 bits per heavy atom. The molecule has 8 nitrogen and oxygen atoms in total. The summed E-state index contributed by atoms with van der Waals surface area (Å²) in [4.78, 5) is 25.0. The Morgan fingerprint density at radius 2 is 0.902 bits per heavy atom. The van der Waals surface area contributed by atoms with Crippen LogP contribution < -0.4 is 4.89 Å². The van der Waals surface area contributed by atoms with E-state index in [9.17, 15) is 14.3 Å². The summed E-state index contributed by atoms with van der Waals surface area (Å²) in [5.74, 6) is -0.329. The molecule has 2 atom stereocenters. The minimum atomic E-state index is -4.51. The summed E-state index contributed by atoms with van der Waals surface area (Å²) in [5.41, 5.74) is 0. The molecule has 306 valence electrons. The second kappa shape index (κ2) is 36.5. The highest BCUT2D eigenvalue weighted by Crippen LogP contribution is 2.38. The third kappa shape index (κ3) is 40.5. The number of phosphoric ester groups is 1. The average molecular weight is 748 g/mol. The van der Waals surface area contributed by atoms with Gasteiger partial charge in [-0.15, -0.1) is 0 Å². The second-order valence-electron chi connectivity index (χ2n) is 16.1. The number of unbranched alkanes of at least 4 members (excludes halogenated alkanes) is 27. The standard InChI is InChI=1S/C42H86NO7P/c1-6-8-10-12-14-16-18-20-21-22-23-24-25-27-29-31-33-35-42(44)50-41(40-49-51(45,46)48-38-36-43(3,4)5)39-47-37-34-32-30-28-26-19-17-15-13-11-9-7-2/h41H,6-40H2,1-5H3/t41-/m1/s1. The van der Waals surface area contributed by atoms with Crippen molar-refractivity contribution in [3.05, 3.63) is 0 Å². The van der Waals surface area contributed by atoms with Crippen molar-refractivity contribution in [1.82, 2.24) is 0 Å². The summed E-state index contributed by atoms with van der Waals surface area (Å²) in [6, 6.07) is 0. The van der Waals surface area contributed by atoms with Crippen LogP contribution in [-0.4, -0.2) is 70.7 Å². The summed E-state index contributed by atoms with van der Waals surface area (Å²) >= 11 is 0. The molecule has 0 aromatic heterocycles. The molecule has 9 heteroatoms. The molecule has 0 bridgehead atoms. The molecule has 0 aliphatic rings. The van der Waals surface area contributed by atoms with Gasteiger partial charge in [-0.3, -0.25) is 9.36 Å². The van der Waals surface area contributed by atoms with E-state index in [4.69, 9.17) is 18.5 Å². The Hall–Kier alpha value is -0.500. The van der Waals surface area contributed by atoms with Crippen molar-refractivity contribution in [2.24, 2.45) is 0 Å². The molecule has 51 heavy (non-hydrogen) atoms. The molecule has 0 saturated heterocycles. The van der Waals surface area contributed by atoms with Crippen LogP contribution in [-0.2, 0) is 27.9 Å². The zero-order valence-electron chi connectivity index (χ0n) is 34.6. The summed E-state index contributed by atoms with van der Waals surface area (Å²) in [5, 5.41) is 0. The lowest BCUT2D eigenvalue weighted by Crippen LogP contribution is -2.37. The maximum Gasteiger partial charge on any atom is 0.306 e. The lowest BCUT2D eigenvalue weighted by Gasteiger charge is -2.28. The quantitative estimate of drug-likeness (QED) is 0.0266. The van der Waals surface area contributed by atoms with Crippen LogP contribution in [0.15, 0.2) is 0 Å². The number of phosphoric acid groups is 1. The van der Waals surface area contributed by atoms with Gasteiger partial charge in [-0.2, -0.15) is 0 Å². The van der Waals surface area contributed by atoms with Gasteiger partial charge in [0.05, 0.1) is 34.4 Å². The van der Waals surface area contributed by atoms with E-state index in [-0.39, 0.29) is 25.8 Å². The number of carbonyl (C=O) groups is 1. The fourth-order valence-corrected chi connectivity index (χ4v) is 6.98. The predicted octanol–water partition coefficient (Wildman–Crippen LogP) is 11.9. The Kier molecular flexibility index (Phi) is 36.1. The molecule has 0 amide bonds. The number of nitrogens with zero attached hydrogens (tertiary/aromatic N) is 1. The normalized spacial score (nSPS) is 13.8. The molecule has 0 rings (SSSR count). The Bertz CT molecular complexity index is 792. The largest absolute Gasteiger partial charge is 0.756 e. The summed E-state index contributed by atoms with van der Waals surface area (Å²) in [7, 11) is 1.37. The average Bonchev–Trinajstić information content (AvgIpc) is 3.08. The molecule has 0 saturated carbocycles. The fraction of sp³-hybridized carbons (Fsp3) is 0.976. The molecule has 0 aliphatic heterocycles. The molecule has 0 heterocycles. The number of ether oxygens (including phenoxy) is 2. The van der Waals surface area contributed by atoms with Gasteiger partial charge in [0.2, 0.25) is 0 Å². The first kappa shape index (κ1) is 50.5. The number of hydrogen-bond donors (Lipinski definition) is 0. The van der Waals surface area contributed by atoms with E-state index in [2.05, 4.69) is 13.8 Å². The van der Waals surface area contributed by atoms with Gasteiger partial charge < -0.3 is 27.9 Å². The zero-order valence-corrected chi connectivity index (χ0v) is 35.5. The lowest BCUT2D eigenvalue weighted by molar-refractivity contribution is -0.870.